The smallest absolute Gasteiger partial charge is 0.323 e. The Kier molecular flexibility index (Phi) is 4.90. The second-order valence-electron chi connectivity index (χ2n) is 6.01. The molecule has 0 unspecified atom stereocenters. The number of carbonyl (C=O) groups is 1. The molecule has 1 aromatic heterocycles. The van der Waals surface area contributed by atoms with Gasteiger partial charge >= 0.3 is 6.03 Å². The highest BCUT2D eigenvalue weighted by Crippen LogP contribution is 2.13. The molecule has 2 aromatic rings. The first-order chi connectivity index (χ1) is 11.6. The summed E-state index contributed by atoms with van der Waals surface area (Å²) in [5.74, 6) is 0.701. The number of hydrogen-bond acceptors (Lipinski definition) is 5. The molecule has 1 fully saturated rings. The molecule has 0 atom stereocenters. The second kappa shape index (κ2) is 7.27. The quantitative estimate of drug-likeness (QED) is 0.904. The fourth-order valence-corrected chi connectivity index (χ4v) is 2.49. The van der Waals surface area contributed by atoms with Gasteiger partial charge < -0.3 is 20.4 Å². The third-order valence-electron chi connectivity index (χ3n) is 3.99. The number of amides is 2. The third-order valence-corrected chi connectivity index (χ3v) is 3.99. The zero-order valence-corrected chi connectivity index (χ0v) is 14.0. The van der Waals surface area contributed by atoms with Gasteiger partial charge in [0.25, 0.3) is 0 Å². The van der Waals surface area contributed by atoms with Crippen LogP contribution in [0.4, 0.5) is 22.1 Å². The number of urea groups is 1. The van der Waals surface area contributed by atoms with Crippen LogP contribution < -0.4 is 15.5 Å². The minimum Gasteiger partial charge on any atom is -0.338 e. The van der Waals surface area contributed by atoms with Gasteiger partial charge in [0.15, 0.2) is 0 Å². The molecular weight excluding hydrogens is 304 g/mol. The number of aromatic nitrogens is 2. The van der Waals surface area contributed by atoms with Crippen molar-refractivity contribution in [1.82, 2.24) is 14.9 Å². The SMILES string of the molecule is Cc1ccc(NC(=O)Nc2cnc(N3CCN(C)CC3)nc2)cc1. The van der Waals surface area contributed by atoms with Crippen LogP contribution in [0.3, 0.4) is 0 Å². The second-order valence-corrected chi connectivity index (χ2v) is 6.01. The van der Waals surface area contributed by atoms with Crippen LogP contribution in [0.15, 0.2) is 36.7 Å². The predicted octanol–water partition coefficient (Wildman–Crippen LogP) is 2.18. The van der Waals surface area contributed by atoms with Crippen LogP contribution in [-0.2, 0) is 0 Å². The van der Waals surface area contributed by atoms with Gasteiger partial charge in [0.2, 0.25) is 5.95 Å². The van der Waals surface area contributed by atoms with E-state index in [2.05, 4.69) is 37.4 Å². The van der Waals surface area contributed by atoms with E-state index >= 15 is 0 Å². The van der Waals surface area contributed by atoms with Crippen molar-refractivity contribution in [3.05, 3.63) is 42.2 Å². The normalized spacial score (nSPS) is 15.2. The number of anilines is 3. The number of hydrogen-bond donors (Lipinski definition) is 2. The fraction of sp³-hybridized carbons (Fsp3) is 0.353. The first-order valence-electron chi connectivity index (χ1n) is 8.00. The lowest BCUT2D eigenvalue weighted by Crippen LogP contribution is -2.45. The number of rotatable bonds is 3. The molecule has 1 aliphatic rings. The molecule has 0 aliphatic carbocycles. The largest absolute Gasteiger partial charge is 0.338 e. The monoisotopic (exact) mass is 326 g/mol. The van der Waals surface area contributed by atoms with E-state index in [1.807, 2.05) is 31.2 Å². The van der Waals surface area contributed by atoms with Crippen molar-refractivity contribution in [2.75, 3.05) is 48.8 Å². The standard InChI is InChI=1S/C17H22N6O/c1-13-3-5-14(6-4-13)20-17(24)21-15-11-18-16(19-12-15)23-9-7-22(2)8-10-23/h3-6,11-12H,7-10H2,1-2H3,(H2,20,21,24). The molecule has 0 spiro atoms. The number of aryl methyl sites for hydroxylation is 1. The average Bonchev–Trinajstić information content (AvgIpc) is 2.58. The van der Waals surface area contributed by atoms with Gasteiger partial charge in [-0.3, -0.25) is 0 Å². The molecule has 126 valence electrons. The van der Waals surface area contributed by atoms with Crippen LogP contribution in [0, 0.1) is 6.92 Å². The number of benzene rings is 1. The lowest BCUT2D eigenvalue weighted by Gasteiger charge is -2.32. The number of carbonyl (C=O) groups excluding carboxylic acids is 1. The molecule has 0 radical (unpaired) electrons. The average molecular weight is 326 g/mol. The van der Waals surface area contributed by atoms with E-state index in [1.165, 1.54) is 0 Å². The van der Waals surface area contributed by atoms with Crippen LogP contribution in [-0.4, -0.2) is 54.1 Å². The van der Waals surface area contributed by atoms with Gasteiger partial charge in [-0.05, 0) is 26.1 Å². The first-order valence-corrected chi connectivity index (χ1v) is 8.00. The van der Waals surface area contributed by atoms with E-state index in [9.17, 15) is 4.79 Å². The Balaban J connectivity index is 1.55. The van der Waals surface area contributed by atoms with E-state index in [1.54, 1.807) is 12.4 Å². The number of nitrogens with one attached hydrogen (secondary N) is 2. The predicted molar refractivity (Wildman–Crippen MR) is 95.6 cm³/mol. The highest BCUT2D eigenvalue weighted by molar-refractivity contribution is 5.99. The Morgan fingerprint density at radius 2 is 1.54 bits per heavy atom. The number of nitrogens with zero attached hydrogens (tertiary/aromatic N) is 4. The van der Waals surface area contributed by atoms with E-state index < -0.39 is 0 Å². The summed E-state index contributed by atoms with van der Waals surface area (Å²) in [6, 6.07) is 7.31. The van der Waals surface area contributed by atoms with Crippen LogP contribution in [0.2, 0.25) is 0 Å². The van der Waals surface area contributed by atoms with Crippen molar-refractivity contribution in [2.24, 2.45) is 0 Å². The van der Waals surface area contributed by atoms with Crippen molar-refractivity contribution < 1.29 is 4.79 Å². The molecule has 0 saturated carbocycles. The molecule has 7 nitrogen and oxygen atoms in total. The maximum Gasteiger partial charge on any atom is 0.323 e. The Bertz CT molecular complexity index is 677. The maximum absolute atomic E-state index is 12.0. The minimum atomic E-state index is -0.310. The highest BCUT2D eigenvalue weighted by Gasteiger charge is 2.16. The van der Waals surface area contributed by atoms with Gasteiger partial charge in [-0.1, -0.05) is 17.7 Å². The Morgan fingerprint density at radius 3 is 2.17 bits per heavy atom. The Hall–Kier alpha value is -2.67. The van der Waals surface area contributed by atoms with Gasteiger partial charge in [0, 0.05) is 31.9 Å². The van der Waals surface area contributed by atoms with Crippen molar-refractivity contribution in [3.8, 4) is 0 Å². The van der Waals surface area contributed by atoms with Crippen LogP contribution in [0.5, 0.6) is 0 Å². The van der Waals surface area contributed by atoms with Crippen LogP contribution in [0.25, 0.3) is 0 Å². The molecule has 1 aromatic carbocycles. The van der Waals surface area contributed by atoms with Crippen LogP contribution >= 0.6 is 0 Å². The maximum atomic E-state index is 12.0. The zero-order chi connectivity index (χ0) is 16.9. The van der Waals surface area contributed by atoms with Crippen molar-refractivity contribution in [1.29, 1.82) is 0 Å². The highest BCUT2D eigenvalue weighted by atomic mass is 16.2. The van der Waals surface area contributed by atoms with Gasteiger partial charge in [0.05, 0.1) is 18.1 Å². The molecule has 2 N–H and O–H groups in total. The number of piperazine rings is 1. The molecule has 0 bridgehead atoms. The molecule has 24 heavy (non-hydrogen) atoms. The summed E-state index contributed by atoms with van der Waals surface area (Å²) in [4.78, 5) is 25.1. The zero-order valence-electron chi connectivity index (χ0n) is 14.0. The molecule has 3 rings (SSSR count). The molecule has 2 amide bonds. The third kappa shape index (κ3) is 4.20. The van der Waals surface area contributed by atoms with E-state index in [0.29, 0.717) is 11.6 Å². The Labute approximate surface area is 141 Å². The summed E-state index contributed by atoms with van der Waals surface area (Å²) in [7, 11) is 2.11. The summed E-state index contributed by atoms with van der Waals surface area (Å²) in [5, 5.41) is 5.52. The topological polar surface area (TPSA) is 73.4 Å². The summed E-state index contributed by atoms with van der Waals surface area (Å²) in [6.45, 7) is 5.84. The van der Waals surface area contributed by atoms with Crippen LogP contribution in [0.1, 0.15) is 5.56 Å². The molecular formula is C17H22N6O. The minimum absolute atomic E-state index is 0.310. The van der Waals surface area contributed by atoms with E-state index in [-0.39, 0.29) is 6.03 Å². The molecule has 1 aliphatic heterocycles. The van der Waals surface area contributed by atoms with Crippen molar-refractivity contribution in [3.63, 3.8) is 0 Å². The summed E-state index contributed by atoms with van der Waals surface area (Å²) >= 11 is 0. The molecule has 1 saturated heterocycles. The summed E-state index contributed by atoms with van der Waals surface area (Å²) < 4.78 is 0. The summed E-state index contributed by atoms with van der Waals surface area (Å²) in [5.41, 5.74) is 2.46. The number of likely N-dealkylation sites (N-methyl/N-ethyl adjacent to an activating group) is 1. The lowest BCUT2D eigenvalue weighted by molar-refractivity contribution is 0.262. The van der Waals surface area contributed by atoms with Crippen molar-refractivity contribution >= 4 is 23.4 Å². The summed E-state index contributed by atoms with van der Waals surface area (Å²) in [6.07, 6.45) is 3.27. The van der Waals surface area contributed by atoms with Crippen molar-refractivity contribution in [2.45, 2.75) is 6.92 Å². The molecule has 2 heterocycles. The first kappa shape index (κ1) is 16.2. The van der Waals surface area contributed by atoms with Gasteiger partial charge in [-0.25, -0.2) is 14.8 Å². The Morgan fingerprint density at radius 1 is 0.958 bits per heavy atom. The van der Waals surface area contributed by atoms with E-state index in [4.69, 9.17) is 0 Å². The van der Waals surface area contributed by atoms with E-state index in [0.717, 1.165) is 37.4 Å². The van der Waals surface area contributed by atoms with Gasteiger partial charge in [-0.2, -0.15) is 0 Å². The molecule has 7 heteroatoms. The fourth-order valence-electron chi connectivity index (χ4n) is 2.49. The van der Waals surface area contributed by atoms with Gasteiger partial charge in [-0.15, -0.1) is 0 Å². The van der Waals surface area contributed by atoms with Gasteiger partial charge in [0.1, 0.15) is 0 Å². The lowest BCUT2D eigenvalue weighted by atomic mass is 10.2.